The van der Waals surface area contributed by atoms with Crippen LogP contribution < -0.4 is 0 Å². The van der Waals surface area contributed by atoms with Crippen LogP contribution in [0.4, 0.5) is 8.78 Å². The van der Waals surface area contributed by atoms with Gasteiger partial charge in [0, 0.05) is 23.7 Å². The molecule has 2 heterocycles. The summed E-state index contributed by atoms with van der Waals surface area (Å²) in [5, 5.41) is 0.641. The zero-order chi connectivity index (χ0) is 17.6. The minimum absolute atomic E-state index is 0.0583. The van der Waals surface area contributed by atoms with E-state index in [1.165, 1.54) is 24.3 Å². The van der Waals surface area contributed by atoms with Gasteiger partial charge in [0.2, 0.25) is 0 Å². The minimum Gasteiger partial charge on any atom is -0.331 e. The maximum atomic E-state index is 13.5. The molecule has 0 bridgehead atoms. The quantitative estimate of drug-likeness (QED) is 0.693. The second-order valence-corrected chi connectivity index (χ2v) is 6.33. The zero-order valence-electron chi connectivity index (χ0n) is 13.7. The third kappa shape index (κ3) is 2.76. The lowest BCUT2D eigenvalue weighted by Crippen LogP contribution is -2.45. The summed E-state index contributed by atoms with van der Waals surface area (Å²) in [6.07, 6.45) is 0.841. The molecule has 1 saturated heterocycles. The van der Waals surface area contributed by atoms with Gasteiger partial charge in [-0.3, -0.25) is 9.78 Å². The van der Waals surface area contributed by atoms with Gasteiger partial charge < -0.3 is 4.90 Å². The van der Waals surface area contributed by atoms with Crippen LogP contribution in [0.1, 0.15) is 34.1 Å². The summed E-state index contributed by atoms with van der Waals surface area (Å²) in [5.74, 6) is -0.779. The highest BCUT2D eigenvalue weighted by atomic mass is 19.1. The SMILES string of the molecule is Cc1cc(C(=O)N2CC[C@@H]2c2ccc(F)cc2)c2ccc(F)cc2n1. The smallest absolute Gasteiger partial charge is 0.255 e. The van der Waals surface area contributed by atoms with Crippen molar-refractivity contribution in [1.82, 2.24) is 9.88 Å². The molecule has 0 saturated carbocycles. The molecule has 1 aromatic heterocycles. The number of aromatic nitrogens is 1. The Morgan fingerprint density at radius 3 is 2.48 bits per heavy atom. The predicted molar refractivity (Wildman–Crippen MR) is 91.2 cm³/mol. The highest BCUT2D eigenvalue weighted by Gasteiger charge is 2.34. The van der Waals surface area contributed by atoms with Gasteiger partial charge in [-0.15, -0.1) is 0 Å². The molecule has 0 unspecified atom stereocenters. The highest BCUT2D eigenvalue weighted by molar-refractivity contribution is 6.06. The molecule has 0 aliphatic carbocycles. The first kappa shape index (κ1) is 15.7. The largest absolute Gasteiger partial charge is 0.331 e. The Bertz CT molecular complexity index is 964. The molecule has 1 aliphatic rings. The summed E-state index contributed by atoms with van der Waals surface area (Å²) in [5.41, 5.74) is 2.58. The summed E-state index contributed by atoms with van der Waals surface area (Å²) < 4.78 is 26.6. The Morgan fingerprint density at radius 2 is 1.80 bits per heavy atom. The Labute approximate surface area is 143 Å². The third-order valence-electron chi connectivity index (χ3n) is 4.67. The van der Waals surface area contributed by atoms with E-state index in [0.29, 0.717) is 28.7 Å². The average molecular weight is 338 g/mol. The fraction of sp³-hybridized carbons (Fsp3) is 0.200. The fourth-order valence-electron chi connectivity index (χ4n) is 3.33. The first-order chi connectivity index (χ1) is 12.0. The first-order valence-electron chi connectivity index (χ1n) is 8.16. The van der Waals surface area contributed by atoms with Crippen LogP contribution in [-0.2, 0) is 0 Å². The number of rotatable bonds is 2. The average Bonchev–Trinajstić information content (AvgIpc) is 2.54. The van der Waals surface area contributed by atoms with Crippen LogP contribution in [0.5, 0.6) is 0 Å². The number of likely N-dealkylation sites (tertiary alicyclic amines) is 1. The van der Waals surface area contributed by atoms with E-state index in [9.17, 15) is 13.6 Å². The fourth-order valence-corrected chi connectivity index (χ4v) is 3.33. The lowest BCUT2D eigenvalue weighted by molar-refractivity contribution is 0.0462. The van der Waals surface area contributed by atoms with Crippen molar-refractivity contribution in [1.29, 1.82) is 0 Å². The number of fused-ring (bicyclic) bond motifs is 1. The molecule has 1 fully saturated rings. The number of carbonyl (C=O) groups excluding carboxylic acids is 1. The number of amides is 1. The Kier molecular flexibility index (Phi) is 3.71. The summed E-state index contributed by atoms with van der Waals surface area (Å²) in [6, 6.07) is 12.2. The molecule has 2 aromatic carbocycles. The molecule has 0 radical (unpaired) electrons. The lowest BCUT2D eigenvalue weighted by Gasteiger charge is -2.41. The summed E-state index contributed by atoms with van der Waals surface area (Å²) >= 11 is 0. The van der Waals surface area contributed by atoms with Crippen molar-refractivity contribution in [3.05, 3.63) is 77.0 Å². The number of nitrogens with zero attached hydrogens (tertiary/aromatic N) is 2. The van der Waals surface area contributed by atoms with Gasteiger partial charge in [0.05, 0.1) is 17.1 Å². The van der Waals surface area contributed by atoms with Crippen LogP contribution in [0.2, 0.25) is 0 Å². The predicted octanol–water partition coefficient (Wildman–Crippen LogP) is 4.41. The van der Waals surface area contributed by atoms with Crippen molar-refractivity contribution in [3.63, 3.8) is 0 Å². The van der Waals surface area contributed by atoms with Crippen LogP contribution >= 0.6 is 0 Å². The van der Waals surface area contributed by atoms with Crippen molar-refractivity contribution >= 4 is 16.8 Å². The monoisotopic (exact) mass is 338 g/mol. The lowest BCUT2D eigenvalue weighted by atomic mass is 9.93. The van der Waals surface area contributed by atoms with Gasteiger partial charge in [-0.05, 0) is 49.2 Å². The molecule has 25 heavy (non-hydrogen) atoms. The van der Waals surface area contributed by atoms with Crippen molar-refractivity contribution in [2.45, 2.75) is 19.4 Å². The van der Waals surface area contributed by atoms with Gasteiger partial charge in [0.25, 0.3) is 5.91 Å². The normalized spacial score (nSPS) is 16.8. The van der Waals surface area contributed by atoms with E-state index in [1.54, 1.807) is 36.1 Å². The van der Waals surface area contributed by atoms with Gasteiger partial charge in [-0.25, -0.2) is 8.78 Å². The van der Waals surface area contributed by atoms with E-state index < -0.39 is 0 Å². The number of benzene rings is 2. The number of aryl methyl sites for hydroxylation is 1. The molecule has 1 atom stereocenters. The standard InChI is InChI=1S/C20H16F2N2O/c1-12-10-17(16-7-6-15(22)11-18(16)23-12)20(25)24-9-8-19(24)13-2-4-14(21)5-3-13/h2-7,10-11,19H,8-9H2,1H3/t19-/m1/s1. The molecule has 3 aromatic rings. The molecule has 0 spiro atoms. The second-order valence-electron chi connectivity index (χ2n) is 6.33. The van der Waals surface area contributed by atoms with Crippen molar-refractivity contribution in [2.75, 3.05) is 6.54 Å². The maximum absolute atomic E-state index is 13.5. The third-order valence-corrected chi connectivity index (χ3v) is 4.67. The Morgan fingerprint density at radius 1 is 1.08 bits per heavy atom. The van der Waals surface area contributed by atoms with Gasteiger partial charge >= 0.3 is 0 Å². The minimum atomic E-state index is -0.378. The molecule has 5 heteroatoms. The molecule has 1 aliphatic heterocycles. The van der Waals surface area contributed by atoms with E-state index in [2.05, 4.69) is 4.98 Å². The summed E-state index contributed by atoms with van der Waals surface area (Å²) in [4.78, 5) is 19.1. The highest BCUT2D eigenvalue weighted by Crippen LogP contribution is 2.35. The number of hydrogen-bond acceptors (Lipinski definition) is 2. The summed E-state index contributed by atoms with van der Waals surface area (Å²) in [7, 11) is 0. The van der Waals surface area contributed by atoms with Crippen LogP contribution in [0.25, 0.3) is 10.9 Å². The van der Waals surface area contributed by atoms with Crippen LogP contribution in [0, 0.1) is 18.6 Å². The first-order valence-corrected chi connectivity index (χ1v) is 8.16. The Balaban J connectivity index is 1.71. The van der Waals surface area contributed by atoms with E-state index >= 15 is 0 Å². The molecular formula is C20H16F2N2O. The van der Waals surface area contributed by atoms with Crippen LogP contribution in [0.3, 0.4) is 0 Å². The van der Waals surface area contributed by atoms with Crippen molar-refractivity contribution in [2.24, 2.45) is 0 Å². The number of hydrogen-bond donors (Lipinski definition) is 0. The second kappa shape index (κ2) is 5.92. The molecule has 3 nitrogen and oxygen atoms in total. The molecular weight excluding hydrogens is 322 g/mol. The van der Waals surface area contributed by atoms with Gasteiger partial charge in [0.15, 0.2) is 0 Å². The van der Waals surface area contributed by atoms with Crippen molar-refractivity contribution < 1.29 is 13.6 Å². The van der Waals surface area contributed by atoms with E-state index in [4.69, 9.17) is 0 Å². The molecule has 0 N–H and O–H groups in total. The molecule has 4 rings (SSSR count). The Hall–Kier alpha value is -2.82. The zero-order valence-corrected chi connectivity index (χ0v) is 13.7. The topological polar surface area (TPSA) is 33.2 Å². The van der Waals surface area contributed by atoms with E-state index in [1.807, 2.05) is 0 Å². The van der Waals surface area contributed by atoms with Gasteiger partial charge in [-0.2, -0.15) is 0 Å². The maximum Gasteiger partial charge on any atom is 0.255 e. The van der Waals surface area contributed by atoms with E-state index in [-0.39, 0.29) is 23.6 Å². The number of halogens is 2. The van der Waals surface area contributed by atoms with Crippen molar-refractivity contribution in [3.8, 4) is 0 Å². The van der Waals surface area contributed by atoms with Gasteiger partial charge in [-0.1, -0.05) is 12.1 Å². The molecule has 1 amide bonds. The van der Waals surface area contributed by atoms with Crippen LogP contribution in [-0.4, -0.2) is 22.3 Å². The van der Waals surface area contributed by atoms with Crippen LogP contribution in [0.15, 0.2) is 48.5 Å². The molecule has 126 valence electrons. The number of pyridine rings is 1. The van der Waals surface area contributed by atoms with Gasteiger partial charge in [0.1, 0.15) is 11.6 Å². The number of carbonyl (C=O) groups is 1. The van der Waals surface area contributed by atoms with E-state index in [0.717, 1.165) is 12.0 Å². The summed E-state index contributed by atoms with van der Waals surface area (Å²) in [6.45, 7) is 2.43.